The van der Waals surface area contributed by atoms with Crippen molar-refractivity contribution in [2.24, 2.45) is 0 Å². The predicted octanol–water partition coefficient (Wildman–Crippen LogP) is 2.02. The first-order chi connectivity index (χ1) is 11.7. The molecule has 1 fully saturated rings. The minimum atomic E-state index is 0.291. The summed E-state index contributed by atoms with van der Waals surface area (Å²) in [5.41, 5.74) is 9.74. The lowest BCUT2D eigenvalue weighted by Gasteiger charge is -2.36. The summed E-state index contributed by atoms with van der Waals surface area (Å²) in [5.74, 6) is 1.74. The molecule has 0 saturated carbocycles. The number of hydrogen-bond acceptors (Lipinski definition) is 6. The van der Waals surface area contributed by atoms with Gasteiger partial charge in [0.15, 0.2) is 5.82 Å². The zero-order valence-electron chi connectivity index (χ0n) is 13.9. The van der Waals surface area contributed by atoms with Gasteiger partial charge in [-0.3, -0.25) is 0 Å². The molecule has 0 aliphatic carbocycles. The molecule has 1 atom stereocenters. The van der Waals surface area contributed by atoms with Gasteiger partial charge in [0, 0.05) is 29.8 Å². The molecule has 2 N–H and O–H groups in total. The maximum absolute atomic E-state index is 5.80. The van der Waals surface area contributed by atoms with Gasteiger partial charge in [-0.1, -0.05) is 0 Å². The Bertz CT molecular complexity index is 733. The summed E-state index contributed by atoms with van der Waals surface area (Å²) in [6.07, 6.45) is 0.825. The van der Waals surface area contributed by atoms with E-state index >= 15 is 0 Å². The molecule has 126 valence electrons. The molecule has 1 unspecified atom stereocenters. The maximum Gasteiger partial charge on any atom is 0.161 e. The van der Waals surface area contributed by atoms with Gasteiger partial charge in [0.1, 0.15) is 5.82 Å². The van der Waals surface area contributed by atoms with E-state index in [4.69, 9.17) is 25.2 Å². The van der Waals surface area contributed by atoms with Gasteiger partial charge in [-0.25, -0.2) is 9.97 Å². The van der Waals surface area contributed by atoms with Crippen molar-refractivity contribution < 1.29 is 9.47 Å². The van der Waals surface area contributed by atoms with E-state index < -0.39 is 0 Å². The number of fused-ring (bicyclic) bond motifs is 1. The Morgan fingerprint density at radius 2 is 1.96 bits per heavy atom. The Morgan fingerprint density at radius 3 is 2.75 bits per heavy atom. The highest BCUT2D eigenvalue weighted by molar-refractivity contribution is 5.63. The minimum Gasteiger partial charge on any atom is -0.399 e. The van der Waals surface area contributed by atoms with Gasteiger partial charge in [-0.15, -0.1) is 0 Å². The number of ether oxygens (including phenoxy) is 2. The summed E-state index contributed by atoms with van der Waals surface area (Å²) < 4.78 is 11.2. The zero-order chi connectivity index (χ0) is 16.5. The fraction of sp³-hybridized carbons (Fsp3) is 0.444. The van der Waals surface area contributed by atoms with Crippen LogP contribution in [0.1, 0.15) is 18.2 Å². The molecule has 2 aliphatic heterocycles. The smallest absolute Gasteiger partial charge is 0.161 e. The third-order valence-electron chi connectivity index (χ3n) is 4.61. The van der Waals surface area contributed by atoms with E-state index in [0.29, 0.717) is 19.3 Å². The van der Waals surface area contributed by atoms with Gasteiger partial charge >= 0.3 is 0 Å². The topological polar surface area (TPSA) is 73.5 Å². The number of hydrogen-bond donors (Lipinski definition) is 1. The second-order valence-electron chi connectivity index (χ2n) is 6.34. The highest BCUT2D eigenvalue weighted by atomic mass is 16.5. The van der Waals surface area contributed by atoms with Gasteiger partial charge in [-0.05, 0) is 31.2 Å². The molecule has 1 aromatic carbocycles. The van der Waals surface area contributed by atoms with Crippen LogP contribution in [0.4, 0.5) is 11.5 Å². The lowest BCUT2D eigenvalue weighted by atomic mass is 10.1. The first-order valence-corrected chi connectivity index (χ1v) is 8.40. The zero-order valence-corrected chi connectivity index (χ0v) is 13.9. The Balaban J connectivity index is 1.81. The summed E-state index contributed by atoms with van der Waals surface area (Å²) in [4.78, 5) is 12.0. The van der Waals surface area contributed by atoms with Crippen LogP contribution in [0.5, 0.6) is 0 Å². The third kappa shape index (κ3) is 2.83. The van der Waals surface area contributed by atoms with Gasteiger partial charge in [0.25, 0.3) is 0 Å². The number of morpholine rings is 1. The molecule has 24 heavy (non-hydrogen) atoms. The number of benzene rings is 1. The van der Waals surface area contributed by atoms with Crippen molar-refractivity contribution in [2.45, 2.75) is 26.0 Å². The van der Waals surface area contributed by atoms with Gasteiger partial charge in [0.05, 0.1) is 38.2 Å². The van der Waals surface area contributed by atoms with Crippen molar-refractivity contribution >= 4 is 11.5 Å². The number of nitrogens with two attached hydrogens (primary N) is 1. The summed E-state index contributed by atoms with van der Waals surface area (Å²) in [5, 5.41) is 0. The summed E-state index contributed by atoms with van der Waals surface area (Å²) in [7, 11) is 0. The Labute approximate surface area is 141 Å². The standard InChI is InChI=1S/C18H22N4O2/c1-12-10-24-9-7-22(12)18-15-11-23-8-6-16(15)20-17(21-18)13-2-4-14(19)5-3-13/h2-5,12H,6-11,19H2,1H3. The second kappa shape index (κ2) is 6.37. The van der Waals surface area contributed by atoms with Crippen molar-refractivity contribution in [1.29, 1.82) is 0 Å². The first-order valence-electron chi connectivity index (χ1n) is 8.40. The molecular formula is C18H22N4O2. The molecule has 1 saturated heterocycles. The van der Waals surface area contributed by atoms with Crippen molar-refractivity contribution in [3.63, 3.8) is 0 Å². The van der Waals surface area contributed by atoms with Crippen LogP contribution in [-0.2, 0) is 22.5 Å². The van der Waals surface area contributed by atoms with Gasteiger partial charge in [0.2, 0.25) is 0 Å². The van der Waals surface area contributed by atoms with Crippen molar-refractivity contribution in [3.05, 3.63) is 35.5 Å². The summed E-state index contributed by atoms with van der Waals surface area (Å²) in [6.45, 7) is 5.74. The molecule has 1 aromatic heterocycles. The number of anilines is 2. The first kappa shape index (κ1) is 15.4. The quantitative estimate of drug-likeness (QED) is 0.851. The van der Waals surface area contributed by atoms with Crippen LogP contribution in [0.15, 0.2) is 24.3 Å². The number of nitrogens with zero attached hydrogens (tertiary/aromatic N) is 3. The Hall–Kier alpha value is -2.18. The molecule has 2 aliphatic rings. The third-order valence-corrected chi connectivity index (χ3v) is 4.61. The lowest BCUT2D eigenvalue weighted by Crippen LogP contribution is -2.45. The Kier molecular flexibility index (Phi) is 4.08. The molecule has 0 spiro atoms. The van der Waals surface area contributed by atoms with Crippen molar-refractivity contribution in [3.8, 4) is 11.4 Å². The monoisotopic (exact) mass is 326 g/mol. The van der Waals surface area contributed by atoms with Crippen LogP contribution in [0.3, 0.4) is 0 Å². The molecule has 0 amide bonds. The molecule has 6 nitrogen and oxygen atoms in total. The number of nitrogen functional groups attached to an aromatic ring is 1. The van der Waals surface area contributed by atoms with Gasteiger partial charge < -0.3 is 20.1 Å². The largest absolute Gasteiger partial charge is 0.399 e. The molecule has 6 heteroatoms. The molecule has 0 bridgehead atoms. The van der Waals surface area contributed by atoms with E-state index in [-0.39, 0.29) is 0 Å². The minimum absolute atomic E-state index is 0.291. The van der Waals surface area contributed by atoms with Crippen LogP contribution >= 0.6 is 0 Å². The predicted molar refractivity (Wildman–Crippen MR) is 92.9 cm³/mol. The summed E-state index contributed by atoms with van der Waals surface area (Å²) in [6, 6.07) is 8.02. The van der Waals surface area contributed by atoms with Crippen LogP contribution in [0.25, 0.3) is 11.4 Å². The highest BCUT2D eigenvalue weighted by Gasteiger charge is 2.27. The second-order valence-corrected chi connectivity index (χ2v) is 6.34. The fourth-order valence-corrected chi connectivity index (χ4v) is 3.26. The number of aromatic nitrogens is 2. The molecular weight excluding hydrogens is 304 g/mol. The average Bonchev–Trinajstić information content (AvgIpc) is 2.62. The molecule has 3 heterocycles. The highest BCUT2D eigenvalue weighted by Crippen LogP contribution is 2.30. The van der Waals surface area contributed by atoms with Crippen molar-refractivity contribution in [2.75, 3.05) is 37.0 Å². The van der Waals surface area contributed by atoms with E-state index in [9.17, 15) is 0 Å². The van der Waals surface area contributed by atoms with Crippen LogP contribution in [0, 0.1) is 0 Å². The van der Waals surface area contributed by atoms with E-state index in [1.165, 1.54) is 0 Å². The van der Waals surface area contributed by atoms with Crippen LogP contribution in [-0.4, -0.2) is 42.4 Å². The maximum atomic E-state index is 5.80. The molecule has 2 aromatic rings. The van der Waals surface area contributed by atoms with Crippen LogP contribution in [0.2, 0.25) is 0 Å². The van der Waals surface area contributed by atoms with Crippen molar-refractivity contribution in [1.82, 2.24) is 9.97 Å². The van der Waals surface area contributed by atoms with E-state index in [1.807, 2.05) is 24.3 Å². The lowest BCUT2D eigenvalue weighted by molar-refractivity contribution is 0.0952. The van der Waals surface area contributed by atoms with Crippen LogP contribution < -0.4 is 10.6 Å². The fourth-order valence-electron chi connectivity index (χ4n) is 3.26. The van der Waals surface area contributed by atoms with E-state index in [1.54, 1.807) is 0 Å². The van der Waals surface area contributed by atoms with E-state index in [0.717, 1.165) is 60.3 Å². The van der Waals surface area contributed by atoms with Gasteiger partial charge in [-0.2, -0.15) is 0 Å². The van der Waals surface area contributed by atoms with E-state index in [2.05, 4.69) is 11.8 Å². The Morgan fingerprint density at radius 1 is 1.12 bits per heavy atom. The molecule has 0 radical (unpaired) electrons. The normalized spacial score (nSPS) is 20.7. The molecule has 4 rings (SSSR count). The summed E-state index contributed by atoms with van der Waals surface area (Å²) >= 11 is 0. The SMILES string of the molecule is CC1COCCN1c1nc(-c2ccc(N)cc2)nc2c1COCC2. The average molecular weight is 326 g/mol. The number of rotatable bonds is 2.